The highest BCUT2D eigenvalue weighted by Gasteiger charge is 2.32. The normalized spacial score (nSPS) is 23.7. The number of rotatable bonds is 7. The smallest absolute Gasteiger partial charge is 0.211 e. The number of benzene rings is 1. The number of imidazole rings is 1. The van der Waals surface area contributed by atoms with Crippen molar-refractivity contribution < 1.29 is 17.2 Å². The minimum absolute atomic E-state index is 0.00675. The minimum Gasteiger partial charge on any atom is -0.331 e. The molecule has 0 radical (unpaired) electrons. The Morgan fingerprint density at radius 3 is 2.32 bits per heavy atom. The fraction of sp³-hybridized carbons (Fsp3) is 0.679. The van der Waals surface area contributed by atoms with Crippen molar-refractivity contribution in [1.29, 1.82) is 0 Å². The Hall–Kier alpha value is -1.84. The summed E-state index contributed by atoms with van der Waals surface area (Å²) in [7, 11) is -3.22. The molecule has 0 amide bonds. The van der Waals surface area contributed by atoms with Crippen molar-refractivity contribution in [3.05, 3.63) is 53.1 Å². The second kappa shape index (κ2) is 11.1. The fourth-order valence-electron chi connectivity index (χ4n) is 6.82. The van der Waals surface area contributed by atoms with Gasteiger partial charge < -0.3 is 9.47 Å². The topological polar surface area (TPSA) is 58.4 Å². The van der Waals surface area contributed by atoms with Crippen molar-refractivity contribution in [3.8, 4) is 0 Å². The number of fused-ring (bicyclic) bond motifs is 1. The van der Waals surface area contributed by atoms with E-state index >= 15 is 0 Å². The van der Waals surface area contributed by atoms with Gasteiger partial charge in [0, 0.05) is 44.0 Å². The standard InChI is InChI=1S/C28H40F2N4O2S/c1-20-3-4-28-27(15-20)31-19-34(28)25-7-10-32(11-8-25)12-9-26(22-16-23(29)18-24(30)17-22)21-5-13-33(14-6-21)37(2,35)36/h16-21,25-26H,3-15H2,1-2H3/t20?,26-/m1/s1. The van der Waals surface area contributed by atoms with Gasteiger partial charge in [-0.3, -0.25) is 0 Å². The highest BCUT2D eigenvalue weighted by atomic mass is 32.2. The van der Waals surface area contributed by atoms with Crippen molar-refractivity contribution in [2.75, 3.05) is 39.0 Å². The summed E-state index contributed by atoms with van der Waals surface area (Å²) in [4.78, 5) is 7.21. The van der Waals surface area contributed by atoms with Crippen LogP contribution in [0.5, 0.6) is 0 Å². The Balaban J connectivity index is 1.22. The van der Waals surface area contributed by atoms with E-state index in [0.717, 1.165) is 63.7 Å². The number of hydrogen-bond donors (Lipinski definition) is 0. The molecule has 0 spiro atoms. The average Bonchev–Trinajstić information content (AvgIpc) is 3.27. The van der Waals surface area contributed by atoms with Gasteiger partial charge in [0.05, 0.1) is 18.3 Å². The summed E-state index contributed by atoms with van der Waals surface area (Å²) in [6, 6.07) is 4.35. The van der Waals surface area contributed by atoms with Gasteiger partial charge in [-0.25, -0.2) is 26.5 Å². The number of sulfonamides is 1. The van der Waals surface area contributed by atoms with E-state index in [-0.39, 0.29) is 11.8 Å². The lowest BCUT2D eigenvalue weighted by molar-refractivity contribution is 0.166. The van der Waals surface area contributed by atoms with E-state index < -0.39 is 21.7 Å². The summed E-state index contributed by atoms with van der Waals surface area (Å²) in [6.45, 7) is 6.13. The van der Waals surface area contributed by atoms with E-state index in [0.29, 0.717) is 37.5 Å². The Kier molecular flexibility index (Phi) is 8.03. The van der Waals surface area contributed by atoms with Crippen LogP contribution in [-0.2, 0) is 22.9 Å². The molecule has 9 heteroatoms. The second-order valence-electron chi connectivity index (χ2n) is 11.6. The van der Waals surface area contributed by atoms with Crippen LogP contribution < -0.4 is 0 Å². The zero-order chi connectivity index (χ0) is 26.2. The first-order valence-electron chi connectivity index (χ1n) is 13.9. The molecule has 2 fully saturated rings. The van der Waals surface area contributed by atoms with Crippen LogP contribution in [0.3, 0.4) is 0 Å². The molecule has 2 saturated heterocycles. The molecule has 204 valence electrons. The maximum atomic E-state index is 14.1. The van der Waals surface area contributed by atoms with Crippen LogP contribution in [0, 0.1) is 23.5 Å². The maximum Gasteiger partial charge on any atom is 0.211 e. The minimum atomic E-state index is -3.22. The summed E-state index contributed by atoms with van der Waals surface area (Å²) in [5.41, 5.74) is 3.42. The molecule has 2 aliphatic heterocycles. The molecular weight excluding hydrogens is 494 g/mol. The molecule has 1 unspecified atom stereocenters. The fourth-order valence-corrected chi connectivity index (χ4v) is 7.69. The zero-order valence-electron chi connectivity index (χ0n) is 22.1. The molecule has 3 aliphatic rings. The Morgan fingerprint density at radius 2 is 1.68 bits per heavy atom. The Labute approximate surface area is 220 Å². The van der Waals surface area contributed by atoms with Gasteiger partial charge in [0.2, 0.25) is 10.0 Å². The first kappa shape index (κ1) is 26.8. The summed E-state index contributed by atoms with van der Waals surface area (Å²) in [6.07, 6.45) is 11.2. The molecule has 1 aromatic heterocycles. The third kappa shape index (κ3) is 6.25. The van der Waals surface area contributed by atoms with Crippen LogP contribution in [0.1, 0.15) is 74.4 Å². The highest BCUT2D eigenvalue weighted by Crippen LogP contribution is 2.37. The van der Waals surface area contributed by atoms with Gasteiger partial charge >= 0.3 is 0 Å². The molecule has 2 aromatic rings. The molecule has 6 nitrogen and oxygen atoms in total. The van der Waals surface area contributed by atoms with Gasteiger partial charge in [0.15, 0.2) is 0 Å². The Bertz CT molecular complexity index is 1160. The van der Waals surface area contributed by atoms with E-state index in [2.05, 4.69) is 22.7 Å². The summed E-state index contributed by atoms with van der Waals surface area (Å²) < 4.78 is 56.2. The first-order valence-corrected chi connectivity index (χ1v) is 15.7. The predicted molar refractivity (Wildman–Crippen MR) is 141 cm³/mol. The molecule has 0 N–H and O–H groups in total. The molecule has 37 heavy (non-hydrogen) atoms. The molecule has 1 aliphatic carbocycles. The van der Waals surface area contributed by atoms with E-state index in [4.69, 9.17) is 4.98 Å². The average molecular weight is 535 g/mol. The maximum absolute atomic E-state index is 14.1. The monoisotopic (exact) mass is 534 g/mol. The number of piperidine rings is 2. The van der Waals surface area contributed by atoms with Crippen LogP contribution in [-0.4, -0.2) is 66.2 Å². The van der Waals surface area contributed by atoms with Gasteiger partial charge in [0.1, 0.15) is 11.6 Å². The third-order valence-corrected chi connectivity index (χ3v) is 10.3. The van der Waals surface area contributed by atoms with Crippen molar-refractivity contribution in [2.45, 2.75) is 70.3 Å². The SMILES string of the molecule is CC1CCc2c(ncn2C2CCN(CC[C@@H](c3cc(F)cc(F)c3)C3CCN(S(C)(=O)=O)CC3)CC2)C1. The van der Waals surface area contributed by atoms with E-state index in [9.17, 15) is 17.2 Å². The predicted octanol–water partition coefficient (Wildman–Crippen LogP) is 4.77. The lowest BCUT2D eigenvalue weighted by Gasteiger charge is -2.38. The van der Waals surface area contributed by atoms with Gasteiger partial charge in [-0.1, -0.05) is 6.92 Å². The first-order chi connectivity index (χ1) is 17.7. The Morgan fingerprint density at radius 1 is 1.00 bits per heavy atom. The van der Waals surface area contributed by atoms with Crippen LogP contribution in [0.15, 0.2) is 24.5 Å². The molecule has 0 bridgehead atoms. The van der Waals surface area contributed by atoms with Crippen LogP contribution in [0.25, 0.3) is 0 Å². The van der Waals surface area contributed by atoms with Gasteiger partial charge in [-0.2, -0.15) is 0 Å². The number of likely N-dealkylation sites (tertiary alicyclic amines) is 1. The number of aromatic nitrogens is 2. The number of halogens is 2. The van der Waals surface area contributed by atoms with E-state index in [1.807, 2.05) is 0 Å². The molecule has 5 rings (SSSR count). The molecular formula is C28H40F2N4O2S. The lowest BCUT2D eigenvalue weighted by Crippen LogP contribution is -2.40. The van der Waals surface area contributed by atoms with Crippen LogP contribution in [0.2, 0.25) is 0 Å². The number of nitrogens with zero attached hydrogens (tertiary/aromatic N) is 4. The molecule has 3 heterocycles. The van der Waals surface area contributed by atoms with E-state index in [1.54, 1.807) is 0 Å². The van der Waals surface area contributed by atoms with Crippen molar-refractivity contribution in [1.82, 2.24) is 18.8 Å². The van der Waals surface area contributed by atoms with Gasteiger partial charge in [-0.05, 0) is 93.4 Å². The quantitative estimate of drug-likeness (QED) is 0.514. The van der Waals surface area contributed by atoms with Crippen LogP contribution >= 0.6 is 0 Å². The van der Waals surface area contributed by atoms with E-state index in [1.165, 1.54) is 40.5 Å². The summed E-state index contributed by atoms with van der Waals surface area (Å²) >= 11 is 0. The third-order valence-electron chi connectivity index (χ3n) is 8.96. The summed E-state index contributed by atoms with van der Waals surface area (Å²) in [5, 5.41) is 0. The largest absolute Gasteiger partial charge is 0.331 e. The molecule has 0 saturated carbocycles. The second-order valence-corrected chi connectivity index (χ2v) is 13.5. The van der Waals surface area contributed by atoms with Crippen molar-refractivity contribution in [2.24, 2.45) is 11.8 Å². The summed E-state index contributed by atoms with van der Waals surface area (Å²) in [5.74, 6) is -0.167. The van der Waals surface area contributed by atoms with Crippen molar-refractivity contribution >= 4 is 10.0 Å². The van der Waals surface area contributed by atoms with Crippen molar-refractivity contribution in [3.63, 3.8) is 0 Å². The van der Waals surface area contributed by atoms with Gasteiger partial charge in [-0.15, -0.1) is 0 Å². The zero-order valence-corrected chi connectivity index (χ0v) is 22.9. The lowest BCUT2D eigenvalue weighted by atomic mass is 9.78. The van der Waals surface area contributed by atoms with Gasteiger partial charge in [0.25, 0.3) is 0 Å². The van der Waals surface area contributed by atoms with Crippen LogP contribution in [0.4, 0.5) is 8.78 Å². The number of hydrogen-bond acceptors (Lipinski definition) is 4. The molecule has 2 atom stereocenters. The highest BCUT2D eigenvalue weighted by molar-refractivity contribution is 7.88. The molecule has 1 aromatic carbocycles.